The molecule has 33 heavy (non-hydrogen) atoms. The summed E-state index contributed by atoms with van der Waals surface area (Å²) in [5.41, 5.74) is 1.87. The van der Waals surface area contributed by atoms with E-state index in [-0.39, 0.29) is 30.8 Å². The normalized spacial score (nSPS) is 17.2. The molecule has 1 atom stereocenters. The predicted molar refractivity (Wildman–Crippen MR) is 124 cm³/mol. The Labute approximate surface area is 193 Å². The van der Waals surface area contributed by atoms with Gasteiger partial charge in [-0.25, -0.2) is 0 Å². The average Bonchev–Trinajstić information content (AvgIpc) is 2.82. The van der Waals surface area contributed by atoms with E-state index >= 15 is 0 Å². The van der Waals surface area contributed by atoms with Gasteiger partial charge in [0.25, 0.3) is 5.91 Å². The minimum Gasteiger partial charge on any atom is -0.485 e. The number of aryl methyl sites for hydroxylation is 1. The lowest BCUT2D eigenvalue weighted by molar-refractivity contribution is -0.136. The van der Waals surface area contributed by atoms with Gasteiger partial charge < -0.3 is 19.3 Å². The van der Waals surface area contributed by atoms with Crippen molar-refractivity contribution >= 4 is 23.3 Å². The number of carbonyl (C=O) groups is 3. The molecule has 2 heterocycles. The zero-order valence-corrected chi connectivity index (χ0v) is 19.2. The van der Waals surface area contributed by atoms with Crippen LogP contribution >= 0.6 is 0 Å². The number of fused-ring (bicyclic) bond motifs is 1. The quantitative estimate of drug-likeness (QED) is 0.627. The van der Waals surface area contributed by atoms with Crippen LogP contribution in [0.2, 0.25) is 0 Å². The topological polar surface area (TPSA) is 79.4 Å². The van der Waals surface area contributed by atoms with Gasteiger partial charge >= 0.3 is 0 Å². The van der Waals surface area contributed by atoms with Gasteiger partial charge in [-0.3, -0.25) is 19.3 Å². The molecule has 1 fully saturated rings. The maximum atomic E-state index is 13.2. The Morgan fingerprint density at radius 2 is 1.85 bits per heavy atom. The SMILES string of the molecule is Cc1cccc(OCC(=O)c2ccc3c(c2)N(C(C)C(=O)N2CCN(C)CC2)C(=O)CO3)c1. The Bertz CT molecular complexity index is 1060. The molecular formula is C25H29N3O5. The second-order valence-electron chi connectivity index (χ2n) is 8.57. The van der Waals surface area contributed by atoms with Gasteiger partial charge in [0.2, 0.25) is 5.91 Å². The van der Waals surface area contributed by atoms with E-state index < -0.39 is 6.04 Å². The van der Waals surface area contributed by atoms with Crippen molar-refractivity contribution in [2.75, 3.05) is 51.3 Å². The first-order valence-electron chi connectivity index (χ1n) is 11.1. The van der Waals surface area contributed by atoms with Gasteiger partial charge in [-0.1, -0.05) is 12.1 Å². The van der Waals surface area contributed by atoms with Gasteiger partial charge in [0.15, 0.2) is 19.0 Å². The number of piperazine rings is 1. The number of carbonyl (C=O) groups excluding carboxylic acids is 3. The van der Waals surface area contributed by atoms with Gasteiger partial charge in [0.05, 0.1) is 5.69 Å². The third-order valence-electron chi connectivity index (χ3n) is 6.08. The molecule has 0 saturated carbocycles. The molecule has 4 rings (SSSR count). The third kappa shape index (κ3) is 5.01. The first-order valence-corrected chi connectivity index (χ1v) is 11.1. The van der Waals surface area contributed by atoms with Gasteiger partial charge in [-0.2, -0.15) is 0 Å². The van der Waals surface area contributed by atoms with E-state index in [9.17, 15) is 14.4 Å². The minimum absolute atomic E-state index is 0.108. The summed E-state index contributed by atoms with van der Waals surface area (Å²) in [5.74, 6) is 0.453. The molecule has 1 unspecified atom stereocenters. The average molecular weight is 452 g/mol. The van der Waals surface area contributed by atoms with Gasteiger partial charge in [-0.15, -0.1) is 0 Å². The number of anilines is 1. The molecule has 0 bridgehead atoms. The summed E-state index contributed by atoms with van der Waals surface area (Å²) in [5, 5.41) is 0. The number of ether oxygens (including phenoxy) is 2. The lowest BCUT2D eigenvalue weighted by Gasteiger charge is -2.38. The molecule has 1 saturated heterocycles. The highest BCUT2D eigenvalue weighted by atomic mass is 16.5. The zero-order valence-electron chi connectivity index (χ0n) is 19.2. The van der Waals surface area contributed by atoms with E-state index in [2.05, 4.69) is 4.90 Å². The number of nitrogens with zero attached hydrogens (tertiary/aromatic N) is 3. The van der Waals surface area contributed by atoms with E-state index in [1.807, 2.05) is 32.2 Å². The molecule has 0 aliphatic carbocycles. The number of hydrogen-bond acceptors (Lipinski definition) is 6. The number of amides is 2. The van der Waals surface area contributed by atoms with Crippen molar-refractivity contribution in [1.29, 1.82) is 0 Å². The fraction of sp³-hybridized carbons (Fsp3) is 0.400. The smallest absolute Gasteiger partial charge is 0.265 e. The fourth-order valence-corrected chi connectivity index (χ4v) is 4.11. The van der Waals surface area contributed by atoms with Crippen molar-refractivity contribution in [2.24, 2.45) is 0 Å². The summed E-state index contributed by atoms with van der Waals surface area (Å²) in [6, 6.07) is 11.7. The molecule has 8 heteroatoms. The molecule has 2 aromatic carbocycles. The van der Waals surface area contributed by atoms with Crippen molar-refractivity contribution in [3.63, 3.8) is 0 Å². The highest BCUT2D eigenvalue weighted by molar-refractivity contribution is 6.05. The van der Waals surface area contributed by atoms with E-state index in [4.69, 9.17) is 9.47 Å². The molecular weight excluding hydrogens is 422 g/mol. The number of ketones is 1. The van der Waals surface area contributed by atoms with Crippen LogP contribution in [0.5, 0.6) is 11.5 Å². The first-order chi connectivity index (χ1) is 15.8. The van der Waals surface area contributed by atoms with Crippen molar-refractivity contribution in [1.82, 2.24) is 9.80 Å². The summed E-state index contributed by atoms with van der Waals surface area (Å²) >= 11 is 0. The van der Waals surface area contributed by atoms with Crippen molar-refractivity contribution in [3.05, 3.63) is 53.6 Å². The number of rotatable bonds is 6. The van der Waals surface area contributed by atoms with Crippen LogP contribution in [0.1, 0.15) is 22.8 Å². The molecule has 0 radical (unpaired) electrons. The Morgan fingerprint density at radius 3 is 2.58 bits per heavy atom. The van der Waals surface area contributed by atoms with Crippen LogP contribution in [0.4, 0.5) is 5.69 Å². The Hall–Kier alpha value is -3.39. The molecule has 0 aromatic heterocycles. The van der Waals surface area contributed by atoms with Crippen LogP contribution in [-0.2, 0) is 9.59 Å². The van der Waals surface area contributed by atoms with Crippen LogP contribution in [0, 0.1) is 6.92 Å². The third-order valence-corrected chi connectivity index (χ3v) is 6.08. The summed E-state index contributed by atoms with van der Waals surface area (Å²) < 4.78 is 11.2. The van der Waals surface area contributed by atoms with Gasteiger partial charge in [0, 0.05) is 31.7 Å². The van der Waals surface area contributed by atoms with Crippen LogP contribution < -0.4 is 14.4 Å². The highest BCUT2D eigenvalue weighted by Crippen LogP contribution is 2.35. The summed E-state index contributed by atoms with van der Waals surface area (Å²) in [7, 11) is 2.02. The second-order valence-corrected chi connectivity index (χ2v) is 8.57. The summed E-state index contributed by atoms with van der Waals surface area (Å²) in [6.07, 6.45) is 0. The van der Waals surface area contributed by atoms with Crippen LogP contribution in [-0.4, -0.2) is 79.9 Å². The van der Waals surface area contributed by atoms with Crippen molar-refractivity contribution in [2.45, 2.75) is 19.9 Å². The maximum absolute atomic E-state index is 13.2. The van der Waals surface area contributed by atoms with Crippen LogP contribution in [0.25, 0.3) is 0 Å². The zero-order chi connectivity index (χ0) is 23.5. The molecule has 174 valence electrons. The first kappa shape index (κ1) is 22.8. The number of Topliss-reactive ketones (excluding diaryl/α,β-unsaturated/α-hetero) is 1. The Balaban J connectivity index is 1.52. The predicted octanol–water partition coefficient (Wildman–Crippen LogP) is 2.14. The summed E-state index contributed by atoms with van der Waals surface area (Å²) in [6.45, 7) is 6.25. The number of benzene rings is 2. The van der Waals surface area contributed by atoms with Gasteiger partial charge in [0.1, 0.15) is 17.5 Å². The Morgan fingerprint density at radius 1 is 1.09 bits per heavy atom. The minimum atomic E-state index is -0.697. The fourth-order valence-electron chi connectivity index (χ4n) is 4.11. The molecule has 8 nitrogen and oxygen atoms in total. The molecule has 0 spiro atoms. The molecule has 2 aliphatic rings. The second kappa shape index (κ2) is 9.62. The largest absolute Gasteiger partial charge is 0.485 e. The molecule has 2 aromatic rings. The van der Waals surface area contributed by atoms with E-state index in [1.165, 1.54) is 4.90 Å². The van der Waals surface area contributed by atoms with Crippen molar-refractivity contribution in [3.8, 4) is 11.5 Å². The van der Waals surface area contributed by atoms with E-state index in [0.29, 0.717) is 35.8 Å². The number of likely N-dealkylation sites (N-methyl/N-ethyl adjacent to an activating group) is 1. The lowest BCUT2D eigenvalue weighted by Crippen LogP contribution is -2.56. The highest BCUT2D eigenvalue weighted by Gasteiger charge is 2.36. The van der Waals surface area contributed by atoms with Crippen LogP contribution in [0.15, 0.2) is 42.5 Å². The number of hydrogen-bond donors (Lipinski definition) is 0. The van der Waals surface area contributed by atoms with Gasteiger partial charge in [-0.05, 0) is 56.8 Å². The van der Waals surface area contributed by atoms with E-state index in [1.54, 1.807) is 36.1 Å². The van der Waals surface area contributed by atoms with Crippen LogP contribution in [0.3, 0.4) is 0 Å². The molecule has 0 N–H and O–H groups in total. The standard InChI is InChI=1S/C25H29N3O5/c1-17-5-4-6-20(13-17)32-15-22(29)19-7-8-23-21(14-19)28(24(30)16-33-23)18(2)25(31)27-11-9-26(3)10-12-27/h4-8,13-14,18H,9-12,15-16H2,1-3H3. The van der Waals surface area contributed by atoms with E-state index in [0.717, 1.165) is 18.7 Å². The molecule has 2 aliphatic heterocycles. The molecule has 2 amide bonds. The van der Waals surface area contributed by atoms with Crippen molar-refractivity contribution < 1.29 is 23.9 Å². The Kier molecular flexibility index (Phi) is 6.65. The lowest BCUT2D eigenvalue weighted by atomic mass is 10.1. The summed E-state index contributed by atoms with van der Waals surface area (Å²) in [4.78, 5) is 44.1. The monoisotopic (exact) mass is 451 g/mol. The maximum Gasteiger partial charge on any atom is 0.265 e.